The Morgan fingerprint density at radius 2 is 1.97 bits per heavy atom. The molecule has 0 fully saturated rings. The molecule has 152 valence electrons. The second-order valence-corrected chi connectivity index (χ2v) is 6.59. The molecule has 2 rings (SSSR count). The van der Waals surface area contributed by atoms with Crippen molar-refractivity contribution in [3.63, 3.8) is 0 Å². The Kier molecular flexibility index (Phi) is 7.78. The molecule has 5 heteroatoms. The van der Waals surface area contributed by atoms with Gasteiger partial charge >= 0.3 is 11.6 Å². The fourth-order valence-corrected chi connectivity index (χ4v) is 2.65. The first-order valence-electron chi connectivity index (χ1n) is 9.32. The third-order valence-electron chi connectivity index (χ3n) is 4.31. The minimum absolute atomic E-state index is 0.314. The summed E-state index contributed by atoms with van der Waals surface area (Å²) >= 11 is 0. The van der Waals surface area contributed by atoms with Gasteiger partial charge in [0.2, 0.25) is 0 Å². The first-order chi connectivity index (χ1) is 13.8. The lowest BCUT2D eigenvalue weighted by atomic mass is 10.0. The van der Waals surface area contributed by atoms with Crippen molar-refractivity contribution in [3.05, 3.63) is 88.5 Å². The highest BCUT2D eigenvalue weighted by Gasteiger charge is 2.08. The predicted octanol–water partition coefficient (Wildman–Crippen LogP) is 4.96. The van der Waals surface area contributed by atoms with Gasteiger partial charge in [-0.1, -0.05) is 31.4 Å². The lowest BCUT2D eigenvalue weighted by Gasteiger charge is -2.06. The van der Waals surface area contributed by atoms with Crippen molar-refractivity contribution in [2.75, 3.05) is 13.7 Å². The molecule has 0 atom stereocenters. The number of rotatable bonds is 9. The summed E-state index contributed by atoms with van der Waals surface area (Å²) in [4.78, 5) is 23.8. The number of methoxy groups -OCH3 is 1. The molecular formula is C24H26O5. The summed E-state index contributed by atoms with van der Waals surface area (Å²) in [6.07, 6.45) is 6.64. The summed E-state index contributed by atoms with van der Waals surface area (Å²) < 4.78 is 15.7. The number of ether oxygens (including phenoxy) is 2. The zero-order valence-electron chi connectivity index (χ0n) is 17.1. The Morgan fingerprint density at radius 3 is 2.62 bits per heavy atom. The van der Waals surface area contributed by atoms with Crippen molar-refractivity contribution >= 4 is 22.5 Å². The number of fused-ring (bicyclic) bond motifs is 1. The van der Waals surface area contributed by atoms with Crippen LogP contribution < -0.4 is 5.63 Å². The SMILES string of the molecule is C=C(C)C(=O)OCCCc1ccc2cc(C(=C)/C=C\C(=C/C)OC)c(=O)oc2c1. The molecule has 1 aromatic carbocycles. The molecule has 0 aliphatic rings. The van der Waals surface area contributed by atoms with Gasteiger partial charge < -0.3 is 13.9 Å². The standard InChI is InChI=1S/C24H26O5/c1-6-20(27-5)12-9-17(4)21-15-19-11-10-18(14-22(19)29-24(21)26)8-7-13-28-23(25)16(2)3/h6,9-12,14-15H,2,4,7-8,13H2,1,3,5H3/b12-9-,20-6+. The Morgan fingerprint density at radius 1 is 1.21 bits per heavy atom. The van der Waals surface area contributed by atoms with Gasteiger partial charge in [-0.25, -0.2) is 9.59 Å². The van der Waals surface area contributed by atoms with Gasteiger partial charge in [0.25, 0.3) is 0 Å². The summed E-state index contributed by atoms with van der Waals surface area (Å²) in [5.41, 5.74) is 2.39. The van der Waals surface area contributed by atoms with Crippen molar-refractivity contribution in [2.45, 2.75) is 26.7 Å². The maximum atomic E-state index is 12.4. The van der Waals surface area contributed by atoms with Gasteiger partial charge in [-0.3, -0.25) is 0 Å². The van der Waals surface area contributed by atoms with E-state index in [1.807, 2.05) is 31.2 Å². The van der Waals surface area contributed by atoms with E-state index in [9.17, 15) is 9.59 Å². The van der Waals surface area contributed by atoms with Crippen LogP contribution in [0.2, 0.25) is 0 Å². The van der Waals surface area contributed by atoms with Crippen molar-refractivity contribution in [3.8, 4) is 0 Å². The first-order valence-corrected chi connectivity index (χ1v) is 9.32. The minimum atomic E-state index is -0.445. The van der Waals surface area contributed by atoms with Gasteiger partial charge in [0.1, 0.15) is 11.3 Å². The quantitative estimate of drug-likeness (QED) is 0.150. The molecule has 0 bridgehead atoms. The summed E-state index contributed by atoms with van der Waals surface area (Å²) in [5, 5.41) is 0.810. The van der Waals surface area contributed by atoms with E-state index in [2.05, 4.69) is 13.2 Å². The normalized spacial score (nSPS) is 11.6. The Labute approximate surface area is 170 Å². The van der Waals surface area contributed by atoms with Gasteiger partial charge in [0, 0.05) is 11.0 Å². The average Bonchev–Trinajstić information content (AvgIpc) is 2.70. The van der Waals surface area contributed by atoms with Crippen LogP contribution in [0.25, 0.3) is 16.5 Å². The molecule has 5 nitrogen and oxygen atoms in total. The lowest BCUT2D eigenvalue weighted by molar-refractivity contribution is -0.139. The number of hydrogen-bond acceptors (Lipinski definition) is 5. The number of benzene rings is 1. The van der Waals surface area contributed by atoms with Crippen molar-refractivity contribution in [1.82, 2.24) is 0 Å². The van der Waals surface area contributed by atoms with Crippen LogP contribution in [0.4, 0.5) is 0 Å². The molecule has 0 saturated heterocycles. The van der Waals surface area contributed by atoms with E-state index in [4.69, 9.17) is 13.9 Å². The minimum Gasteiger partial charge on any atom is -0.497 e. The van der Waals surface area contributed by atoms with Gasteiger partial charge in [-0.15, -0.1) is 0 Å². The van der Waals surface area contributed by atoms with Gasteiger partial charge in [-0.05, 0) is 62.1 Å². The number of hydrogen-bond donors (Lipinski definition) is 0. The van der Waals surface area contributed by atoms with Gasteiger partial charge in [-0.2, -0.15) is 0 Å². The smallest absolute Gasteiger partial charge is 0.344 e. The van der Waals surface area contributed by atoms with Crippen LogP contribution in [0.3, 0.4) is 0 Å². The fraction of sp³-hybridized carbons (Fsp3) is 0.250. The molecule has 29 heavy (non-hydrogen) atoms. The van der Waals surface area contributed by atoms with Crippen LogP contribution >= 0.6 is 0 Å². The van der Waals surface area contributed by atoms with E-state index in [1.54, 1.807) is 32.3 Å². The average molecular weight is 394 g/mol. The van der Waals surface area contributed by atoms with Crippen molar-refractivity contribution in [1.29, 1.82) is 0 Å². The second-order valence-electron chi connectivity index (χ2n) is 6.59. The van der Waals surface area contributed by atoms with Gasteiger partial charge in [0.15, 0.2) is 0 Å². The van der Waals surface area contributed by atoms with Crippen molar-refractivity contribution < 1.29 is 18.7 Å². The third kappa shape index (κ3) is 6.07. The molecule has 1 heterocycles. The van der Waals surface area contributed by atoms with E-state index in [-0.39, 0.29) is 5.97 Å². The lowest BCUT2D eigenvalue weighted by Crippen LogP contribution is -2.07. The maximum Gasteiger partial charge on any atom is 0.344 e. The monoisotopic (exact) mass is 394 g/mol. The summed E-state index contributed by atoms with van der Waals surface area (Å²) in [7, 11) is 1.58. The number of allylic oxidation sites excluding steroid dienone is 4. The van der Waals surface area contributed by atoms with E-state index in [1.165, 1.54) is 0 Å². The molecule has 0 spiro atoms. The number of aryl methyl sites for hydroxylation is 1. The molecule has 0 radical (unpaired) electrons. The molecular weight excluding hydrogens is 368 g/mol. The molecule has 2 aromatic rings. The zero-order valence-corrected chi connectivity index (χ0v) is 17.1. The molecule has 0 aliphatic heterocycles. The fourth-order valence-electron chi connectivity index (χ4n) is 2.65. The third-order valence-corrected chi connectivity index (χ3v) is 4.31. The molecule has 0 aliphatic carbocycles. The number of carbonyl (C=O) groups excluding carboxylic acids is 1. The van der Waals surface area contributed by atoms with E-state index in [0.717, 1.165) is 10.9 Å². The van der Waals surface area contributed by atoms with Crippen LogP contribution in [0.1, 0.15) is 31.4 Å². The second kappa shape index (κ2) is 10.3. The highest BCUT2D eigenvalue weighted by Crippen LogP contribution is 2.20. The van der Waals surface area contributed by atoms with E-state index >= 15 is 0 Å². The molecule has 0 saturated carbocycles. The Bertz CT molecular complexity index is 1040. The summed E-state index contributed by atoms with van der Waals surface area (Å²) in [6, 6.07) is 7.48. The summed E-state index contributed by atoms with van der Waals surface area (Å²) in [5.74, 6) is 0.290. The Balaban J connectivity index is 2.12. The largest absolute Gasteiger partial charge is 0.497 e. The predicted molar refractivity (Wildman–Crippen MR) is 116 cm³/mol. The topological polar surface area (TPSA) is 65.7 Å². The van der Waals surface area contributed by atoms with Crippen LogP contribution in [-0.4, -0.2) is 19.7 Å². The number of carbonyl (C=O) groups is 1. The van der Waals surface area contributed by atoms with Crippen LogP contribution in [0, 0.1) is 0 Å². The molecule has 0 N–H and O–H groups in total. The zero-order chi connectivity index (χ0) is 21.4. The molecule has 0 amide bonds. The van der Waals surface area contributed by atoms with Crippen molar-refractivity contribution in [2.24, 2.45) is 0 Å². The van der Waals surface area contributed by atoms with Crippen LogP contribution in [-0.2, 0) is 20.7 Å². The van der Waals surface area contributed by atoms with Crippen LogP contribution in [0.15, 0.2) is 76.2 Å². The van der Waals surface area contributed by atoms with E-state index in [0.29, 0.717) is 47.5 Å². The highest BCUT2D eigenvalue weighted by atomic mass is 16.5. The molecule has 0 unspecified atom stereocenters. The van der Waals surface area contributed by atoms with Gasteiger partial charge in [0.05, 0.1) is 19.3 Å². The number of esters is 1. The first kappa shape index (κ1) is 22.0. The molecule has 1 aromatic heterocycles. The van der Waals surface area contributed by atoms with E-state index < -0.39 is 5.63 Å². The van der Waals surface area contributed by atoms with Crippen LogP contribution in [0.5, 0.6) is 0 Å². The highest BCUT2D eigenvalue weighted by molar-refractivity contribution is 5.87. The Hall–Kier alpha value is -3.34. The maximum absolute atomic E-state index is 12.4. The summed E-state index contributed by atoms with van der Waals surface area (Å²) in [6.45, 7) is 11.3.